The van der Waals surface area contributed by atoms with Crippen molar-refractivity contribution >= 4 is 33.2 Å². The van der Waals surface area contributed by atoms with Gasteiger partial charge in [0.1, 0.15) is 6.54 Å². The van der Waals surface area contributed by atoms with Gasteiger partial charge in [0.25, 0.3) is 10.0 Å². The molecule has 2 aromatic carbocycles. The van der Waals surface area contributed by atoms with Crippen molar-refractivity contribution in [2.45, 2.75) is 30.8 Å². The number of nitrogens with zero attached hydrogens (tertiary/aromatic N) is 1. The number of para-hydroxylation sites is 1. The summed E-state index contributed by atoms with van der Waals surface area (Å²) in [7, 11) is -3.97. The summed E-state index contributed by atoms with van der Waals surface area (Å²) in [5.74, 6) is -0.411. The fraction of sp³-hybridized carbons (Fsp3) is 0.350. The molecule has 1 amide bonds. The second-order valence-corrected chi connectivity index (χ2v) is 8.98. The quantitative estimate of drug-likeness (QED) is 0.743. The van der Waals surface area contributed by atoms with Crippen LogP contribution in [0.5, 0.6) is 0 Å². The summed E-state index contributed by atoms with van der Waals surface area (Å²) in [5.41, 5.74) is 1.20. The molecule has 1 N–H and O–H groups in total. The van der Waals surface area contributed by atoms with Crippen LogP contribution < -0.4 is 9.62 Å². The fourth-order valence-corrected chi connectivity index (χ4v) is 4.74. The van der Waals surface area contributed by atoms with E-state index in [1.165, 1.54) is 12.1 Å². The highest BCUT2D eigenvalue weighted by atomic mass is 35.5. The number of carbonyl (C=O) groups is 1. The van der Waals surface area contributed by atoms with Crippen LogP contribution in [0.4, 0.5) is 5.69 Å². The maximum absolute atomic E-state index is 13.3. The Balaban J connectivity index is 1.86. The fourth-order valence-electron chi connectivity index (χ4n) is 3.01. The van der Waals surface area contributed by atoms with Gasteiger partial charge in [0.2, 0.25) is 5.91 Å². The van der Waals surface area contributed by atoms with Crippen LogP contribution in [0, 0.1) is 6.92 Å². The molecule has 0 spiro atoms. The monoisotopic (exact) mass is 422 g/mol. The predicted octanol–water partition coefficient (Wildman–Crippen LogP) is 3.14. The molecule has 28 heavy (non-hydrogen) atoms. The average Bonchev–Trinajstić information content (AvgIpc) is 3.19. The first-order chi connectivity index (χ1) is 13.4. The van der Waals surface area contributed by atoms with Gasteiger partial charge in [-0.3, -0.25) is 9.10 Å². The summed E-state index contributed by atoms with van der Waals surface area (Å²) in [6.45, 7) is 2.56. The number of rotatable bonds is 7. The van der Waals surface area contributed by atoms with Crippen LogP contribution in [0.1, 0.15) is 18.4 Å². The molecular formula is C20H23ClN2O4S. The summed E-state index contributed by atoms with van der Waals surface area (Å²) in [6, 6.07) is 13.1. The molecule has 6 nitrogen and oxygen atoms in total. The molecule has 1 atom stereocenters. The number of anilines is 1. The van der Waals surface area contributed by atoms with E-state index in [1.807, 2.05) is 6.92 Å². The maximum Gasteiger partial charge on any atom is 0.264 e. The van der Waals surface area contributed by atoms with Gasteiger partial charge in [-0.05, 0) is 44.0 Å². The number of halogens is 1. The van der Waals surface area contributed by atoms with Crippen molar-refractivity contribution in [3.8, 4) is 0 Å². The lowest BCUT2D eigenvalue weighted by atomic mass is 10.2. The maximum atomic E-state index is 13.3. The molecule has 1 heterocycles. The minimum absolute atomic E-state index is 0.0218. The zero-order chi connectivity index (χ0) is 20.1. The highest BCUT2D eigenvalue weighted by molar-refractivity contribution is 7.92. The Bertz CT molecular complexity index is 925. The molecule has 0 bridgehead atoms. The number of aryl methyl sites for hydroxylation is 1. The zero-order valence-electron chi connectivity index (χ0n) is 15.6. The first kappa shape index (κ1) is 20.6. The molecule has 150 valence electrons. The molecule has 0 radical (unpaired) electrons. The van der Waals surface area contributed by atoms with Gasteiger partial charge >= 0.3 is 0 Å². The lowest BCUT2D eigenvalue weighted by molar-refractivity contribution is -0.120. The molecule has 0 unspecified atom stereocenters. The summed E-state index contributed by atoms with van der Waals surface area (Å²) < 4.78 is 33.0. The smallest absolute Gasteiger partial charge is 0.264 e. The summed E-state index contributed by atoms with van der Waals surface area (Å²) in [5, 5.41) is 3.02. The van der Waals surface area contributed by atoms with Gasteiger partial charge in [-0.1, -0.05) is 41.4 Å². The molecule has 1 saturated heterocycles. The van der Waals surface area contributed by atoms with Crippen molar-refractivity contribution in [1.29, 1.82) is 0 Å². The highest BCUT2D eigenvalue weighted by Gasteiger charge is 2.29. The third-order valence-electron chi connectivity index (χ3n) is 4.57. The second kappa shape index (κ2) is 8.94. The Morgan fingerprint density at radius 2 is 1.93 bits per heavy atom. The lowest BCUT2D eigenvalue weighted by Gasteiger charge is -2.25. The van der Waals surface area contributed by atoms with Crippen molar-refractivity contribution in [3.05, 3.63) is 59.1 Å². The van der Waals surface area contributed by atoms with Crippen LogP contribution in [0.2, 0.25) is 5.02 Å². The number of amides is 1. The Hall–Kier alpha value is -2.09. The van der Waals surface area contributed by atoms with Gasteiger partial charge in [-0.15, -0.1) is 0 Å². The van der Waals surface area contributed by atoms with Gasteiger partial charge < -0.3 is 10.1 Å². The first-order valence-corrected chi connectivity index (χ1v) is 10.9. The summed E-state index contributed by atoms with van der Waals surface area (Å²) in [6.07, 6.45) is 1.83. The van der Waals surface area contributed by atoms with Crippen LogP contribution in [0.15, 0.2) is 53.4 Å². The second-order valence-electron chi connectivity index (χ2n) is 6.72. The van der Waals surface area contributed by atoms with E-state index >= 15 is 0 Å². The van der Waals surface area contributed by atoms with Gasteiger partial charge in [-0.2, -0.15) is 0 Å². The molecule has 1 aliphatic heterocycles. The topological polar surface area (TPSA) is 75.7 Å². The number of benzene rings is 2. The van der Waals surface area contributed by atoms with E-state index in [0.717, 1.165) is 22.7 Å². The number of hydrogen-bond acceptors (Lipinski definition) is 4. The van der Waals surface area contributed by atoms with E-state index in [2.05, 4.69) is 5.32 Å². The van der Waals surface area contributed by atoms with Crippen LogP contribution in [0.25, 0.3) is 0 Å². The molecule has 0 aliphatic carbocycles. The number of carbonyl (C=O) groups excluding carboxylic acids is 1. The largest absolute Gasteiger partial charge is 0.376 e. The molecule has 0 aromatic heterocycles. The number of hydrogen-bond donors (Lipinski definition) is 1. The van der Waals surface area contributed by atoms with Gasteiger partial charge in [-0.25, -0.2) is 8.42 Å². The average molecular weight is 423 g/mol. The molecule has 2 aromatic rings. The minimum Gasteiger partial charge on any atom is -0.376 e. The number of ether oxygens (including phenoxy) is 1. The van der Waals surface area contributed by atoms with E-state index < -0.39 is 15.9 Å². The summed E-state index contributed by atoms with van der Waals surface area (Å²) in [4.78, 5) is 12.6. The third kappa shape index (κ3) is 4.84. The Morgan fingerprint density at radius 3 is 2.57 bits per heavy atom. The van der Waals surface area contributed by atoms with Gasteiger partial charge in [0.05, 0.1) is 21.7 Å². The van der Waals surface area contributed by atoms with Crippen LogP contribution >= 0.6 is 11.6 Å². The molecule has 1 aliphatic rings. The van der Waals surface area contributed by atoms with Crippen molar-refractivity contribution in [3.63, 3.8) is 0 Å². The molecular weight excluding hydrogens is 400 g/mol. The minimum atomic E-state index is -3.97. The zero-order valence-corrected chi connectivity index (χ0v) is 17.2. The third-order valence-corrected chi connectivity index (χ3v) is 6.66. The van der Waals surface area contributed by atoms with E-state index in [1.54, 1.807) is 36.4 Å². The molecule has 3 rings (SSSR count). The number of nitrogens with one attached hydrogen (secondary N) is 1. The molecule has 0 saturated carbocycles. The van der Waals surface area contributed by atoms with Crippen molar-refractivity contribution in [1.82, 2.24) is 5.32 Å². The van der Waals surface area contributed by atoms with E-state index in [0.29, 0.717) is 13.2 Å². The molecule has 1 fully saturated rings. The number of sulfonamides is 1. The Labute approximate surface area is 170 Å². The predicted molar refractivity (Wildman–Crippen MR) is 109 cm³/mol. The van der Waals surface area contributed by atoms with E-state index in [9.17, 15) is 13.2 Å². The van der Waals surface area contributed by atoms with Crippen LogP contribution in [0.3, 0.4) is 0 Å². The summed E-state index contributed by atoms with van der Waals surface area (Å²) >= 11 is 6.24. The molecule has 8 heteroatoms. The van der Waals surface area contributed by atoms with Crippen molar-refractivity contribution < 1.29 is 17.9 Å². The first-order valence-electron chi connectivity index (χ1n) is 9.10. The lowest BCUT2D eigenvalue weighted by Crippen LogP contribution is -2.43. The SMILES string of the molecule is Cc1ccc(S(=O)(=O)N(CC(=O)NC[C@H]2CCCO2)c2ccccc2Cl)cc1. The van der Waals surface area contributed by atoms with Gasteiger partial charge in [0, 0.05) is 13.2 Å². The van der Waals surface area contributed by atoms with Crippen LogP contribution in [-0.2, 0) is 19.6 Å². The van der Waals surface area contributed by atoms with E-state index in [4.69, 9.17) is 16.3 Å². The van der Waals surface area contributed by atoms with Gasteiger partial charge in [0.15, 0.2) is 0 Å². The normalized spacial score (nSPS) is 16.7. The highest BCUT2D eigenvalue weighted by Crippen LogP contribution is 2.30. The Morgan fingerprint density at radius 1 is 1.21 bits per heavy atom. The van der Waals surface area contributed by atoms with Crippen LogP contribution in [-0.4, -0.2) is 40.1 Å². The Kier molecular flexibility index (Phi) is 6.59. The van der Waals surface area contributed by atoms with E-state index in [-0.39, 0.29) is 28.3 Å². The van der Waals surface area contributed by atoms with Crippen molar-refractivity contribution in [2.24, 2.45) is 0 Å². The standard InChI is InChI=1S/C20H23ClN2O4S/c1-15-8-10-17(11-9-15)28(25,26)23(19-7-3-2-6-18(19)21)14-20(24)22-13-16-5-4-12-27-16/h2-3,6-11,16H,4-5,12-14H2,1H3,(H,22,24)/t16-/m1/s1. The van der Waals surface area contributed by atoms with Crippen molar-refractivity contribution in [2.75, 3.05) is 24.0 Å².